The molecular weight excluding hydrogens is 248 g/mol. The summed E-state index contributed by atoms with van der Waals surface area (Å²) < 4.78 is 5.76. The Morgan fingerprint density at radius 2 is 1.75 bits per heavy atom. The van der Waals surface area contributed by atoms with Gasteiger partial charge >= 0.3 is 0 Å². The lowest BCUT2D eigenvalue weighted by molar-refractivity contribution is 0.101. The van der Waals surface area contributed by atoms with Crippen molar-refractivity contribution in [2.75, 3.05) is 0 Å². The van der Waals surface area contributed by atoms with Gasteiger partial charge in [-0.3, -0.25) is 4.79 Å². The molecule has 0 saturated heterocycles. The molecule has 2 nitrogen and oxygen atoms in total. The van der Waals surface area contributed by atoms with E-state index in [-0.39, 0.29) is 5.78 Å². The molecule has 0 fully saturated rings. The number of aryl methyl sites for hydroxylation is 3. The molecule has 2 heteroatoms. The normalized spacial score (nSPS) is 10.9. The molecule has 0 radical (unpaired) electrons. The maximum atomic E-state index is 12.7. The zero-order valence-corrected chi connectivity index (χ0v) is 11.9. The van der Waals surface area contributed by atoms with Gasteiger partial charge < -0.3 is 4.42 Å². The van der Waals surface area contributed by atoms with E-state index in [1.807, 2.05) is 63.2 Å². The van der Waals surface area contributed by atoms with Crippen LogP contribution in [0.1, 0.15) is 32.8 Å². The number of carbonyl (C=O) groups is 1. The summed E-state index contributed by atoms with van der Waals surface area (Å²) in [6.45, 7) is 5.87. The van der Waals surface area contributed by atoms with Crippen LogP contribution in [0.15, 0.2) is 46.9 Å². The third-order valence-electron chi connectivity index (χ3n) is 3.69. The van der Waals surface area contributed by atoms with Gasteiger partial charge in [0.15, 0.2) is 5.76 Å². The first-order valence-corrected chi connectivity index (χ1v) is 6.68. The van der Waals surface area contributed by atoms with Crippen LogP contribution in [-0.2, 0) is 0 Å². The van der Waals surface area contributed by atoms with Crippen LogP contribution in [0.25, 0.3) is 11.0 Å². The van der Waals surface area contributed by atoms with Gasteiger partial charge in [0.2, 0.25) is 5.78 Å². The van der Waals surface area contributed by atoms with Gasteiger partial charge in [-0.15, -0.1) is 0 Å². The highest BCUT2D eigenvalue weighted by Gasteiger charge is 2.20. The number of furan rings is 1. The standard InChI is InChI=1S/C18H16O2/c1-11-8-9-12(2)15(10-11)17(19)18-13(3)14-6-4-5-7-16(14)20-18/h4-10H,1-3H3. The second-order valence-corrected chi connectivity index (χ2v) is 5.20. The highest BCUT2D eigenvalue weighted by Crippen LogP contribution is 2.27. The molecule has 0 aliphatic heterocycles. The molecule has 3 aromatic rings. The lowest BCUT2D eigenvalue weighted by atomic mass is 9.99. The van der Waals surface area contributed by atoms with Crippen LogP contribution in [0.4, 0.5) is 0 Å². The van der Waals surface area contributed by atoms with E-state index in [4.69, 9.17) is 4.42 Å². The first-order valence-electron chi connectivity index (χ1n) is 6.68. The van der Waals surface area contributed by atoms with Gasteiger partial charge in [0.25, 0.3) is 0 Å². The Morgan fingerprint density at radius 3 is 2.50 bits per heavy atom. The molecule has 100 valence electrons. The Labute approximate surface area is 118 Å². The van der Waals surface area contributed by atoms with Crippen LogP contribution in [0.5, 0.6) is 0 Å². The average Bonchev–Trinajstić information content (AvgIpc) is 2.79. The Morgan fingerprint density at radius 1 is 1.00 bits per heavy atom. The largest absolute Gasteiger partial charge is 0.452 e. The Hall–Kier alpha value is -2.35. The summed E-state index contributed by atoms with van der Waals surface area (Å²) in [5.74, 6) is 0.403. The number of rotatable bonds is 2. The van der Waals surface area contributed by atoms with E-state index in [1.54, 1.807) is 0 Å². The number of fused-ring (bicyclic) bond motifs is 1. The van der Waals surface area contributed by atoms with Crippen LogP contribution in [0, 0.1) is 20.8 Å². The van der Waals surface area contributed by atoms with Gasteiger partial charge in [0.05, 0.1) is 0 Å². The van der Waals surface area contributed by atoms with Crippen molar-refractivity contribution >= 4 is 16.8 Å². The second-order valence-electron chi connectivity index (χ2n) is 5.20. The first-order chi connectivity index (χ1) is 9.58. The van der Waals surface area contributed by atoms with Crippen molar-refractivity contribution in [2.45, 2.75) is 20.8 Å². The van der Waals surface area contributed by atoms with E-state index < -0.39 is 0 Å². The molecular formula is C18H16O2. The summed E-state index contributed by atoms with van der Waals surface area (Å²) in [4.78, 5) is 12.7. The molecule has 0 bridgehead atoms. The van der Waals surface area contributed by atoms with Crippen LogP contribution in [-0.4, -0.2) is 5.78 Å². The average molecular weight is 264 g/mol. The molecule has 0 saturated carbocycles. The predicted molar refractivity (Wildman–Crippen MR) is 80.3 cm³/mol. The number of carbonyl (C=O) groups excluding carboxylic acids is 1. The van der Waals surface area contributed by atoms with E-state index in [1.165, 1.54) is 0 Å². The zero-order chi connectivity index (χ0) is 14.3. The van der Waals surface area contributed by atoms with Crippen molar-refractivity contribution < 1.29 is 9.21 Å². The highest BCUT2D eigenvalue weighted by atomic mass is 16.3. The van der Waals surface area contributed by atoms with Crippen LogP contribution < -0.4 is 0 Å². The second kappa shape index (κ2) is 4.64. The van der Waals surface area contributed by atoms with Crippen molar-refractivity contribution in [1.29, 1.82) is 0 Å². The molecule has 0 unspecified atom stereocenters. The molecule has 1 heterocycles. The summed E-state index contributed by atoms with van der Waals surface area (Å²) in [5, 5.41) is 1.00. The van der Waals surface area contributed by atoms with Crippen LogP contribution in [0.2, 0.25) is 0 Å². The van der Waals surface area contributed by atoms with Crippen LogP contribution in [0.3, 0.4) is 0 Å². The molecule has 0 spiro atoms. The van der Waals surface area contributed by atoms with Crippen LogP contribution >= 0.6 is 0 Å². The summed E-state index contributed by atoms with van der Waals surface area (Å²) in [6, 6.07) is 13.6. The van der Waals surface area contributed by atoms with Crippen molar-refractivity contribution in [1.82, 2.24) is 0 Å². The smallest absolute Gasteiger partial charge is 0.228 e. The maximum absolute atomic E-state index is 12.7. The fraction of sp³-hybridized carbons (Fsp3) is 0.167. The lowest BCUT2D eigenvalue weighted by Gasteiger charge is -2.05. The number of hydrogen-bond acceptors (Lipinski definition) is 2. The quantitative estimate of drug-likeness (QED) is 0.634. The lowest BCUT2D eigenvalue weighted by Crippen LogP contribution is -2.04. The molecule has 0 atom stereocenters. The van der Waals surface area contributed by atoms with Gasteiger partial charge in [-0.2, -0.15) is 0 Å². The predicted octanol–water partition coefficient (Wildman–Crippen LogP) is 4.59. The molecule has 2 aromatic carbocycles. The summed E-state index contributed by atoms with van der Waals surface area (Å²) >= 11 is 0. The Bertz CT molecular complexity index is 809. The van der Waals surface area contributed by atoms with E-state index in [2.05, 4.69) is 0 Å². The summed E-state index contributed by atoms with van der Waals surface area (Å²) in [7, 11) is 0. The number of ketones is 1. The van der Waals surface area contributed by atoms with Gasteiger partial charge in [0.1, 0.15) is 5.58 Å². The molecule has 0 aliphatic rings. The summed E-state index contributed by atoms with van der Waals surface area (Å²) in [5.41, 5.74) is 4.44. The summed E-state index contributed by atoms with van der Waals surface area (Å²) in [6.07, 6.45) is 0. The fourth-order valence-electron chi connectivity index (χ4n) is 2.49. The molecule has 0 aliphatic carbocycles. The topological polar surface area (TPSA) is 30.2 Å². The Kier molecular flexibility index (Phi) is 2.94. The maximum Gasteiger partial charge on any atom is 0.228 e. The van der Waals surface area contributed by atoms with E-state index in [0.29, 0.717) is 11.3 Å². The Balaban J connectivity index is 2.17. The third kappa shape index (κ3) is 1.94. The minimum Gasteiger partial charge on any atom is -0.452 e. The third-order valence-corrected chi connectivity index (χ3v) is 3.69. The van der Waals surface area contributed by atoms with Crippen molar-refractivity contribution in [3.05, 3.63) is 70.5 Å². The van der Waals surface area contributed by atoms with Gasteiger partial charge in [0, 0.05) is 16.5 Å². The fourth-order valence-corrected chi connectivity index (χ4v) is 2.49. The molecule has 0 N–H and O–H groups in total. The highest BCUT2D eigenvalue weighted by molar-refractivity contribution is 6.11. The number of benzene rings is 2. The van der Waals surface area contributed by atoms with Crippen molar-refractivity contribution in [2.24, 2.45) is 0 Å². The molecule has 0 amide bonds. The van der Waals surface area contributed by atoms with Gasteiger partial charge in [-0.1, -0.05) is 35.9 Å². The van der Waals surface area contributed by atoms with Gasteiger partial charge in [-0.05, 0) is 38.5 Å². The molecule has 20 heavy (non-hydrogen) atoms. The minimum absolute atomic E-state index is 0.0418. The van der Waals surface area contributed by atoms with E-state index >= 15 is 0 Å². The number of hydrogen-bond donors (Lipinski definition) is 0. The monoisotopic (exact) mass is 264 g/mol. The zero-order valence-electron chi connectivity index (χ0n) is 11.9. The first kappa shape index (κ1) is 12.7. The minimum atomic E-state index is -0.0418. The number of para-hydroxylation sites is 1. The van der Waals surface area contributed by atoms with Gasteiger partial charge in [-0.25, -0.2) is 0 Å². The van der Waals surface area contributed by atoms with E-state index in [0.717, 1.165) is 27.7 Å². The van der Waals surface area contributed by atoms with Crippen molar-refractivity contribution in [3.8, 4) is 0 Å². The molecule has 3 rings (SSSR count). The molecule has 1 aromatic heterocycles. The van der Waals surface area contributed by atoms with Crippen molar-refractivity contribution in [3.63, 3.8) is 0 Å². The SMILES string of the molecule is Cc1ccc(C)c(C(=O)c2oc3ccccc3c2C)c1. The van der Waals surface area contributed by atoms with E-state index in [9.17, 15) is 4.79 Å².